The maximum absolute atomic E-state index is 12.9. The number of amides is 1. The first-order valence-electron chi connectivity index (χ1n) is 6.57. The Labute approximate surface area is 122 Å². The van der Waals surface area contributed by atoms with E-state index in [0.717, 1.165) is 5.69 Å². The molecular weight excluding hydrogens is 273 g/mol. The van der Waals surface area contributed by atoms with Gasteiger partial charge in [0.2, 0.25) is 0 Å². The highest BCUT2D eigenvalue weighted by Gasteiger charge is 2.31. The van der Waals surface area contributed by atoms with E-state index in [1.165, 1.54) is 24.3 Å². The van der Waals surface area contributed by atoms with E-state index >= 15 is 0 Å². The molecule has 6 heteroatoms. The van der Waals surface area contributed by atoms with E-state index in [0.29, 0.717) is 17.1 Å². The van der Waals surface area contributed by atoms with Crippen LogP contribution in [0.1, 0.15) is 25.2 Å². The number of aromatic amines is 1. The lowest BCUT2D eigenvalue weighted by atomic mass is 10.1. The fraction of sp³-hybridized carbons (Fsp3) is 0.333. The van der Waals surface area contributed by atoms with Crippen molar-refractivity contribution in [2.45, 2.75) is 33.3 Å². The highest BCUT2D eigenvalue weighted by molar-refractivity contribution is 5.97. The largest absolute Gasteiger partial charge is 0.478 e. The lowest BCUT2D eigenvalue weighted by Gasteiger charge is -2.25. The predicted octanol–water partition coefficient (Wildman–Crippen LogP) is 2.96. The minimum absolute atomic E-state index is 0.306. The van der Waals surface area contributed by atoms with E-state index in [2.05, 4.69) is 15.5 Å². The van der Waals surface area contributed by atoms with Gasteiger partial charge in [0.25, 0.3) is 5.91 Å². The Morgan fingerprint density at radius 3 is 2.43 bits per heavy atom. The smallest absolute Gasteiger partial charge is 0.268 e. The van der Waals surface area contributed by atoms with Gasteiger partial charge < -0.3 is 10.1 Å². The van der Waals surface area contributed by atoms with Crippen molar-refractivity contribution in [1.82, 2.24) is 10.2 Å². The average Bonchev–Trinajstić information content (AvgIpc) is 2.73. The van der Waals surface area contributed by atoms with Crippen LogP contribution in [0.5, 0.6) is 5.75 Å². The van der Waals surface area contributed by atoms with Crippen molar-refractivity contribution in [3.05, 3.63) is 41.5 Å². The highest BCUT2D eigenvalue weighted by atomic mass is 19.1. The molecule has 2 aromatic rings. The standard InChI is InChI=1S/C15H18FN3O2/c1-9-13(10(2)19-18-9)17-14(20)15(3,4)21-12-7-5-11(16)6-8-12/h5-8H,1-4H3,(H,17,20)(H,18,19). The van der Waals surface area contributed by atoms with Gasteiger partial charge in [-0.25, -0.2) is 4.39 Å². The van der Waals surface area contributed by atoms with Crippen LogP contribution in [0.4, 0.5) is 10.1 Å². The first-order chi connectivity index (χ1) is 9.79. The van der Waals surface area contributed by atoms with Gasteiger partial charge in [-0.2, -0.15) is 5.10 Å². The third-order valence-corrected chi connectivity index (χ3v) is 3.10. The number of rotatable bonds is 4. The van der Waals surface area contributed by atoms with Gasteiger partial charge in [0.05, 0.1) is 17.1 Å². The van der Waals surface area contributed by atoms with Gasteiger partial charge in [-0.05, 0) is 52.0 Å². The number of aryl methyl sites for hydroxylation is 2. The molecule has 21 heavy (non-hydrogen) atoms. The molecule has 2 N–H and O–H groups in total. The highest BCUT2D eigenvalue weighted by Crippen LogP contribution is 2.22. The summed E-state index contributed by atoms with van der Waals surface area (Å²) in [6.07, 6.45) is 0. The van der Waals surface area contributed by atoms with Crippen molar-refractivity contribution < 1.29 is 13.9 Å². The molecule has 0 fully saturated rings. The van der Waals surface area contributed by atoms with Gasteiger partial charge in [-0.1, -0.05) is 0 Å². The molecule has 0 bridgehead atoms. The first-order valence-corrected chi connectivity index (χ1v) is 6.57. The number of carbonyl (C=O) groups is 1. The van der Waals surface area contributed by atoms with Gasteiger partial charge >= 0.3 is 0 Å². The van der Waals surface area contributed by atoms with Crippen LogP contribution >= 0.6 is 0 Å². The van der Waals surface area contributed by atoms with Crippen LogP contribution in [0.2, 0.25) is 0 Å². The number of nitrogens with one attached hydrogen (secondary N) is 2. The molecule has 1 heterocycles. The molecule has 1 aromatic carbocycles. The summed E-state index contributed by atoms with van der Waals surface area (Å²) in [6, 6.07) is 5.54. The van der Waals surface area contributed by atoms with E-state index < -0.39 is 5.60 Å². The minimum atomic E-state index is -1.10. The van der Waals surface area contributed by atoms with Gasteiger partial charge in [0, 0.05) is 0 Å². The number of benzene rings is 1. The topological polar surface area (TPSA) is 67.0 Å². The lowest BCUT2D eigenvalue weighted by molar-refractivity contribution is -0.128. The van der Waals surface area contributed by atoms with Gasteiger partial charge in [0.15, 0.2) is 5.60 Å². The number of hydrogen-bond acceptors (Lipinski definition) is 3. The Bertz CT molecular complexity index is 628. The molecule has 1 aromatic heterocycles. The molecule has 0 aliphatic carbocycles. The third kappa shape index (κ3) is 3.39. The zero-order valence-corrected chi connectivity index (χ0v) is 12.5. The Hall–Kier alpha value is -2.37. The number of ether oxygens (including phenoxy) is 1. The summed E-state index contributed by atoms with van der Waals surface area (Å²) >= 11 is 0. The SMILES string of the molecule is Cc1n[nH]c(C)c1NC(=O)C(C)(C)Oc1ccc(F)cc1. The summed E-state index contributed by atoms with van der Waals surface area (Å²) < 4.78 is 18.5. The van der Waals surface area contributed by atoms with Gasteiger partial charge in [-0.15, -0.1) is 0 Å². The molecule has 0 spiro atoms. The molecule has 112 valence electrons. The number of H-pyrrole nitrogens is 1. The normalized spacial score (nSPS) is 11.3. The monoisotopic (exact) mass is 291 g/mol. The van der Waals surface area contributed by atoms with Crippen molar-refractivity contribution in [1.29, 1.82) is 0 Å². The number of carbonyl (C=O) groups excluding carboxylic acids is 1. The summed E-state index contributed by atoms with van der Waals surface area (Å²) in [6.45, 7) is 6.92. The number of aromatic nitrogens is 2. The summed E-state index contributed by atoms with van der Waals surface area (Å²) in [5, 5.41) is 9.62. The maximum Gasteiger partial charge on any atom is 0.268 e. The van der Waals surface area contributed by atoms with Crippen LogP contribution in [0.25, 0.3) is 0 Å². The number of hydrogen-bond donors (Lipinski definition) is 2. The molecule has 0 aliphatic rings. The zero-order chi connectivity index (χ0) is 15.6. The van der Waals surface area contributed by atoms with Crippen molar-refractivity contribution in [2.75, 3.05) is 5.32 Å². The molecule has 0 saturated heterocycles. The molecule has 2 rings (SSSR count). The van der Waals surface area contributed by atoms with E-state index in [-0.39, 0.29) is 11.7 Å². The fourth-order valence-corrected chi connectivity index (χ4v) is 1.84. The molecule has 0 radical (unpaired) electrons. The number of anilines is 1. The van der Waals surface area contributed by atoms with Crippen molar-refractivity contribution in [3.63, 3.8) is 0 Å². The summed E-state index contributed by atoms with van der Waals surface area (Å²) in [5.74, 6) is -0.231. The van der Waals surface area contributed by atoms with Crippen molar-refractivity contribution >= 4 is 11.6 Å². The zero-order valence-electron chi connectivity index (χ0n) is 12.5. The molecule has 1 amide bonds. The summed E-state index contributed by atoms with van der Waals surface area (Å²) in [7, 11) is 0. The van der Waals surface area contributed by atoms with Crippen LogP contribution < -0.4 is 10.1 Å². The molecule has 0 saturated carbocycles. The van der Waals surface area contributed by atoms with Crippen LogP contribution in [-0.2, 0) is 4.79 Å². The van der Waals surface area contributed by atoms with Gasteiger partial charge in [0.1, 0.15) is 11.6 Å². The fourth-order valence-electron chi connectivity index (χ4n) is 1.84. The molecule has 5 nitrogen and oxygen atoms in total. The van der Waals surface area contributed by atoms with Crippen LogP contribution in [0.3, 0.4) is 0 Å². The van der Waals surface area contributed by atoms with Crippen molar-refractivity contribution in [2.24, 2.45) is 0 Å². The van der Waals surface area contributed by atoms with E-state index in [4.69, 9.17) is 4.74 Å². The Kier molecular flexibility index (Phi) is 3.97. The first kappa shape index (κ1) is 15.0. The quantitative estimate of drug-likeness (QED) is 0.910. The Morgan fingerprint density at radius 1 is 1.29 bits per heavy atom. The Morgan fingerprint density at radius 2 is 1.90 bits per heavy atom. The van der Waals surface area contributed by atoms with E-state index in [1.54, 1.807) is 20.8 Å². The van der Waals surface area contributed by atoms with E-state index in [9.17, 15) is 9.18 Å². The number of nitrogens with zero attached hydrogens (tertiary/aromatic N) is 1. The maximum atomic E-state index is 12.9. The van der Waals surface area contributed by atoms with Crippen LogP contribution in [0, 0.1) is 19.7 Å². The molecular formula is C15H18FN3O2. The summed E-state index contributed by atoms with van der Waals surface area (Å²) in [4.78, 5) is 12.4. The Balaban J connectivity index is 2.11. The van der Waals surface area contributed by atoms with Crippen LogP contribution in [0.15, 0.2) is 24.3 Å². The molecule has 0 aliphatic heterocycles. The predicted molar refractivity (Wildman–Crippen MR) is 77.8 cm³/mol. The minimum Gasteiger partial charge on any atom is -0.478 e. The second-order valence-electron chi connectivity index (χ2n) is 5.33. The van der Waals surface area contributed by atoms with Crippen LogP contribution in [-0.4, -0.2) is 21.7 Å². The molecule has 0 atom stereocenters. The third-order valence-electron chi connectivity index (χ3n) is 3.10. The average molecular weight is 291 g/mol. The second-order valence-corrected chi connectivity index (χ2v) is 5.33. The second kappa shape index (κ2) is 5.55. The van der Waals surface area contributed by atoms with Gasteiger partial charge in [-0.3, -0.25) is 9.89 Å². The number of halogens is 1. The lowest BCUT2D eigenvalue weighted by Crippen LogP contribution is -2.42. The van der Waals surface area contributed by atoms with Crippen molar-refractivity contribution in [3.8, 4) is 5.75 Å². The van der Waals surface area contributed by atoms with E-state index in [1.807, 2.05) is 6.92 Å². The molecule has 0 unspecified atom stereocenters. The summed E-state index contributed by atoms with van der Waals surface area (Å²) in [5.41, 5.74) is 1.03.